The van der Waals surface area contributed by atoms with Gasteiger partial charge in [-0.05, 0) is 43.2 Å². The van der Waals surface area contributed by atoms with Gasteiger partial charge in [0, 0.05) is 24.8 Å². The van der Waals surface area contributed by atoms with Gasteiger partial charge in [0.25, 0.3) is 5.91 Å². The first-order valence-electron chi connectivity index (χ1n) is 8.57. The van der Waals surface area contributed by atoms with E-state index in [1.807, 2.05) is 4.68 Å². The number of amides is 1. The molecule has 134 valence electrons. The fourth-order valence-corrected chi connectivity index (χ4v) is 3.15. The molecule has 0 unspecified atom stereocenters. The van der Waals surface area contributed by atoms with E-state index in [9.17, 15) is 9.18 Å². The molecule has 1 aromatic carbocycles. The Morgan fingerprint density at radius 3 is 2.54 bits per heavy atom. The summed E-state index contributed by atoms with van der Waals surface area (Å²) in [6.07, 6.45) is 3.82. The number of halogens is 1. The fourth-order valence-electron chi connectivity index (χ4n) is 3.15. The summed E-state index contributed by atoms with van der Waals surface area (Å²) in [6, 6.07) is 7.56. The zero-order valence-electron chi connectivity index (χ0n) is 14.2. The molecule has 2 heterocycles. The van der Waals surface area contributed by atoms with E-state index in [0.29, 0.717) is 30.4 Å². The summed E-state index contributed by atoms with van der Waals surface area (Å²) >= 11 is 0. The lowest BCUT2D eigenvalue weighted by molar-refractivity contribution is 0.0757. The van der Waals surface area contributed by atoms with Crippen LogP contribution in [0.15, 0.2) is 36.5 Å². The molecule has 2 fully saturated rings. The van der Waals surface area contributed by atoms with Crippen molar-refractivity contribution in [1.82, 2.24) is 19.6 Å². The molecule has 1 aromatic heterocycles. The number of rotatable bonds is 3. The summed E-state index contributed by atoms with van der Waals surface area (Å²) in [5.41, 5.74) is 1.10. The number of nitrogens with zero attached hydrogens (tertiary/aromatic N) is 4. The van der Waals surface area contributed by atoms with E-state index in [2.05, 4.69) is 5.10 Å². The predicted octanol–water partition coefficient (Wildman–Crippen LogP) is 2.12. The molecular formula is C18H19FN6O. The molecule has 1 amide bonds. The fraction of sp³-hybridized carbons (Fsp3) is 0.333. The molecule has 0 radical (unpaired) electrons. The van der Waals surface area contributed by atoms with Crippen molar-refractivity contribution < 1.29 is 9.18 Å². The highest BCUT2D eigenvalue weighted by Crippen LogP contribution is 2.35. The highest BCUT2D eigenvalue weighted by atomic mass is 19.1. The van der Waals surface area contributed by atoms with Crippen LogP contribution in [0.4, 0.5) is 4.39 Å². The van der Waals surface area contributed by atoms with E-state index >= 15 is 0 Å². The number of carbonyl (C=O) groups excluding carboxylic acids is 1. The summed E-state index contributed by atoms with van der Waals surface area (Å²) in [7, 11) is 0. The topological polar surface area (TPSA) is 89.1 Å². The number of hydrogen-bond acceptors (Lipinski definition) is 4. The van der Waals surface area contributed by atoms with E-state index in [4.69, 9.17) is 10.8 Å². The monoisotopic (exact) mass is 354 g/mol. The van der Waals surface area contributed by atoms with Crippen molar-refractivity contribution in [2.45, 2.75) is 18.9 Å². The first-order valence-corrected chi connectivity index (χ1v) is 8.57. The summed E-state index contributed by atoms with van der Waals surface area (Å²) in [5.74, 6) is -0.183. The third kappa shape index (κ3) is 2.98. The highest BCUT2D eigenvalue weighted by Gasteiger charge is 2.32. The minimum atomic E-state index is -0.389. The molecular weight excluding hydrogens is 335 g/mol. The van der Waals surface area contributed by atoms with Crippen molar-refractivity contribution >= 4 is 17.6 Å². The maximum absolute atomic E-state index is 13.0. The molecule has 1 saturated carbocycles. The van der Waals surface area contributed by atoms with E-state index in [-0.39, 0.29) is 29.9 Å². The lowest BCUT2D eigenvalue weighted by Crippen LogP contribution is -2.54. The summed E-state index contributed by atoms with van der Waals surface area (Å²) in [4.78, 5) is 15.7. The van der Waals surface area contributed by atoms with Gasteiger partial charge in [0.15, 0.2) is 5.84 Å². The Morgan fingerprint density at radius 1 is 1.15 bits per heavy atom. The largest absolute Gasteiger partial charge is 0.329 e. The molecule has 1 aliphatic carbocycles. The van der Waals surface area contributed by atoms with Gasteiger partial charge in [0.2, 0.25) is 0 Å². The number of benzene rings is 1. The van der Waals surface area contributed by atoms with Crippen molar-refractivity contribution in [3.8, 4) is 0 Å². The van der Waals surface area contributed by atoms with Crippen LogP contribution < -0.4 is 0 Å². The van der Waals surface area contributed by atoms with E-state index in [1.54, 1.807) is 22.1 Å². The van der Waals surface area contributed by atoms with Crippen molar-refractivity contribution in [2.24, 2.45) is 0 Å². The van der Waals surface area contributed by atoms with Crippen molar-refractivity contribution in [1.29, 1.82) is 10.8 Å². The van der Waals surface area contributed by atoms with Crippen LogP contribution >= 0.6 is 0 Å². The molecule has 26 heavy (non-hydrogen) atoms. The molecule has 1 saturated heterocycles. The first kappa shape index (κ1) is 16.4. The Kier molecular flexibility index (Phi) is 4.02. The van der Waals surface area contributed by atoms with Crippen LogP contribution in [0.5, 0.6) is 0 Å². The van der Waals surface area contributed by atoms with Crippen LogP contribution in [0.2, 0.25) is 0 Å². The van der Waals surface area contributed by atoms with Gasteiger partial charge >= 0.3 is 0 Å². The predicted molar refractivity (Wildman–Crippen MR) is 94.1 cm³/mol. The molecule has 2 aromatic rings. The van der Waals surface area contributed by atoms with Gasteiger partial charge in [-0.3, -0.25) is 20.3 Å². The van der Waals surface area contributed by atoms with Crippen molar-refractivity contribution in [2.75, 3.05) is 19.6 Å². The summed E-state index contributed by atoms with van der Waals surface area (Å²) in [6.45, 7) is 0.898. The number of nitrogens with one attached hydrogen (secondary N) is 2. The molecule has 7 nitrogen and oxygen atoms in total. The third-order valence-electron chi connectivity index (χ3n) is 4.71. The first-order chi connectivity index (χ1) is 12.5. The Bertz CT molecular complexity index is 870. The molecule has 2 N–H and O–H groups in total. The number of aromatic nitrogens is 2. The van der Waals surface area contributed by atoms with Gasteiger partial charge in [0.1, 0.15) is 17.3 Å². The zero-order chi connectivity index (χ0) is 18.3. The summed E-state index contributed by atoms with van der Waals surface area (Å²) in [5, 5.41) is 21.1. The van der Waals surface area contributed by atoms with Crippen LogP contribution in [0, 0.1) is 16.6 Å². The average molecular weight is 354 g/mol. The lowest BCUT2D eigenvalue weighted by atomic mass is 10.1. The van der Waals surface area contributed by atoms with Gasteiger partial charge in [-0.25, -0.2) is 4.39 Å². The second kappa shape index (κ2) is 6.36. The smallest absolute Gasteiger partial charge is 0.254 e. The number of piperazine rings is 1. The quantitative estimate of drug-likeness (QED) is 0.654. The molecule has 4 rings (SSSR count). The second-order valence-electron chi connectivity index (χ2n) is 6.57. The molecule has 0 bridgehead atoms. The second-order valence-corrected chi connectivity index (χ2v) is 6.57. The maximum atomic E-state index is 13.0. The lowest BCUT2D eigenvalue weighted by Gasteiger charge is -2.36. The van der Waals surface area contributed by atoms with Crippen molar-refractivity contribution in [3.63, 3.8) is 0 Å². The van der Waals surface area contributed by atoms with Gasteiger partial charge < -0.3 is 9.80 Å². The average Bonchev–Trinajstić information content (AvgIpc) is 3.37. The minimum Gasteiger partial charge on any atom is -0.329 e. The number of hydrogen-bond donors (Lipinski definition) is 2. The molecule has 0 atom stereocenters. The Morgan fingerprint density at radius 2 is 1.88 bits per heavy atom. The van der Waals surface area contributed by atoms with Gasteiger partial charge in [-0.2, -0.15) is 5.10 Å². The minimum absolute atomic E-state index is 0.121. The van der Waals surface area contributed by atoms with Crippen LogP contribution in [0.3, 0.4) is 0 Å². The SMILES string of the molecule is N=C1CN(C(=O)c2ccc(F)cc2)CCN1C(=N)c1ccnn1C1CC1. The maximum Gasteiger partial charge on any atom is 0.254 e. The number of carbonyl (C=O) groups is 1. The summed E-state index contributed by atoms with van der Waals surface area (Å²) < 4.78 is 14.9. The Balaban J connectivity index is 1.45. The van der Waals surface area contributed by atoms with Gasteiger partial charge in [0.05, 0.1) is 12.6 Å². The Hall–Kier alpha value is -3.03. The number of amidine groups is 2. The Labute approximate surface area is 150 Å². The van der Waals surface area contributed by atoms with Crippen LogP contribution in [-0.4, -0.2) is 56.8 Å². The molecule has 8 heteroatoms. The highest BCUT2D eigenvalue weighted by molar-refractivity contribution is 6.08. The molecule has 1 aliphatic heterocycles. The van der Waals surface area contributed by atoms with E-state index in [0.717, 1.165) is 12.8 Å². The normalized spacial score (nSPS) is 17.5. The van der Waals surface area contributed by atoms with Crippen molar-refractivity contribution in [3.05, 3.63) is 53.6 Å². The molecule has 0 spiro atoms. The third-order valence-corrected chi connectivity index (χ3v) is 4.71. The molecule has 2 aliphatic rings. The zero-order valence-corrected chi connectivity index (χ0v) is 14.2. The van der Waals surface area contributed by atoms with Gasteiger partial charge in [-0.1, -0.05) is 0 Å². The van der Waals surface area contributed by atoms with E-state index < -0.39 is 0 Å². The van der Waals surface area contributed by atoms with Crippen LogP contribution in [0.25, 0.3) is 0 Å². The van der Waals surface area contributed by atoms with Crippen LogP contribution in [0.1, 0.15) is 34.9 Å². The van der Waals surface area contributed by atoms with E-state index in [1.165, 1.54) is 24.3 Å². The van der Waals surface area contributed by atoms with Gasteiger partial charge in [-0.15, -0.1) is 0 Å². The standard InChI is InChI=1S/C18H19FN6O/c19-13-3-1-12(2-4-13)18(26)23-9-10-24(16(20)11-23)17(21)15-7-8-22-25(15)14-5-6-14/h1-4,7-8,14,20-21H,5-6,9-11H2. The van der Waals surface area contributed by atoms with Crippen LogP contribution in [-0.2, 0) is 0 Å².